The molecule has 0 saturated heterocycles. The van der Waals surface area contributed by atoms with Crippen LogP contribution in [0.3, 0.4) is 0 Å². The number of halogens is 3. The summed E-state index contributed by atoms with van der Waals surface area (Å²) in [5.74, 6) is -0.143. The molecule has 31 heavy (non-hydrogen) atoms. The Balaban J connectivity index is 1.60. The lowest BCUT2D eigenvalue weighted by atomic mass is 10.0. The van der Waals surface area contributed by atoms with E-state index in [1.165, 1.54) is 14.2 Å². The van der Waals surface area contributed by atoms with Gasteiger partial charge in [0.1, 0.15) is 5.69 Å². The molecule has 1 aliphatic rings. The summed E-state index contributed by atoms with van der Waals surface area (Å²) in [6, 6.07) is 5.93. The molecule has 1 amide bonds. The molecule has 0 fully saturated rings. The van der Waals surface area contributed by atoms with Gasteiger partial charge in [0.05, 0.1) is 24.5 Å². The van der Waals surface area contributed by atoms with Gasteiger partial charge in [0.2, 0.25) is 5.88 Å². The van der Waals surface area contributed by atoms with Crippen molar-refractivity contribution < 1.29 is 22.7 Å². The fourth-order valence-electron chi connectivity index (χ4n) is 3.71. The Labute approximate surface area is 176 Å². The van der Waals surface area contributed by atoms with E-state index in [1.807, 2.05) is 23.7 Å². The summed E-state index contributed by atoms with van der Waals surface area (Å²) in [4.78, 5) is 17.0. The number of aryl methyl sites for hydroxylation is 3. The van der Waals surface area contributed by atoms with Crippen LogP contribution in [0.1, 0.15) is 46.5 Å². The SMILES string of the molecule is COc1cc(-c2cc3n(n2)CCC[C@@H]3NC(=O)c2cc(C(F)(F)F)nn2C)cc(C)n1. The summed E-state index contributed by atoms with van der Waals surface area (Å²) >= 11 is 0. The Hall–Kier alpha value is -3.37. The van der Waals surface area contributed by atoms with Crippen LogP contribution in [0.4, 0.5) is 13.2 Å². The summed E-state index contributed by atoms with van der Waals surface area (Å²) in [6.45, 7) is 2.54. The number of alkyl halides is 3. The first-order valence-electron chi connectivity index (χ1n) is 9.68. The zero-order valence-electron chi connectivity index (χ0n) is 17.2. The zero-order valence-corrected chi connectivity index (χ0v) is 17.2. The average molecular weight is 434 g/mol. The Bertz CT molecular complexity index is 1130. The van der Waals surface area contributed by atoms with Gasteiger partial charge in [0.15, 0.2) is 5.69 Å². The number of hydrogen-bond acceptors (Lipinski definition) is 5. The highest BCUT2D eigenvalue weighted by Gasteiger charge is 2.36. The minimum atomic E-state index is -4.61. The van der Waals surface area contributed by atoms with E-state index in [4.69, 9.17) is 4.74 Å². The van der Waals surface area contributed by atoms with Gasteiger partial charge in [-0.1, -0.05) is 0 Å². The number of carbonyl (C=O) groups is 1. The van der Waals surface area contributed by atoms with E-state index in [-0.39, 0.29) is 11.7 Å². The predicted molar refractivity (Wildman–Crippen MR) is 104 cm³/mol. The maximum Gasteiger partial charge on any atom is 0.435 e. The van der Waals surface area contributed by atoms with Gasteiger partial charge in [0.25, 0.3) is 5.91 Å². The van der Waals surface area contributed by atoms with E-state index in [2.05, 4.69) is 20.5 Å². The fourth-order valence-corrected chi connectivity index (χ4v) is 3.71. The molecule has 3 aromatic rings. The summed E-state index contributed by atoms with van der Waals surface area (Å²) in [5, 5.41) is 10.9. The molecule has 8 nitrogen and oxygen atoms in total. The smallest absolute Gasteiger partial charge is 0.435 e. The molecule has 0 radical (unpaired) electrons. The van der Waals surface area contributed by atoms with Crippen molar-refractivity contribution in [2.75, 3.05) is 7.11 Å². The molecule has 0 aromatic carbocycles. The molecule has 4 heterocycles. The van der Waals surface area contributed by atoms with E-state index in [0.29, 0.717) is 24.5 Å². The molecular formula is C20H21F3N6O2. The van der Waals surface area contributed by atoms with Gasteiger partial charge >= 0.3 is 6.18 Å². The van der Waals surface area contributed by atoms with Gasteiger partial charge in [-0.15, -0.1) is 0 Å². The van der Waals surface area contributed by atoms with Crippen molar-refractivity contribution in [2.24, 2.45) is 7.05 Å². The quantitative estimate of drug-likeness (QED) is 0.681. The van der Waals surface area contributed by atoms with Gasteiger partial charge in [-0.25, -0.2) is 4.98 Å². The third-order valence-electron chi connectivity index (χ3n) is 5.17. The van der Waals surface area contributed by atoms with Gasteiger partial charge in [-0.05, 0) is 31.9 Å². The van der Waals surface area contributed by atoms with Crippen LogP contribution in [0.15, 0.2) is 24.3 Å². The van der Waals surface area contributed by atoms with Crippen molar-refractivity contribution in [3.8, 4) is 17.1 Å². The van der Waals surface area contributed by atoms with Crippen LogP contribution in [-0.2, 0) is 19.8 Å². The fraction of sp³-hybridized carbons (Fsp3) is 0.400. The molecule has 0 aliphatic carbocycles. The maximum atomic E-state index is 12.9. The molecule has 4 rings (SSSR count). The van der Waals surface area contributed by atoms with Crippen molar-refractivity contribution in [3.63, 3.8) is 0 Å². The highest BCUT2D eigenvalue weighted by Crippen LogP contribution is 2.32. The topological polar surface area (TPSA) is 86.9 Å². The van der Waals surface area contributed by atoms with Crippen LogP contribution in [0.25, 0.3) is 11.3 Å². The number of rotatable bonds is 4. The normalized spacial score (nSPS) is 16.1. The van der Waals surface area contributed by atoms with Gasteiger partial charge < -0.3 is 10.1 Å². The molecule has 1 atom stereocenters. The van der Waals surface area contributed by atoms with E-state index < -0.39 is 17.8 Å². The van der Waals surface area contributed by atoms with Crippen molar-refractivity contribution in [1.29, 1.82) is 0 Å². The number of amides is 1. The second kappa shape index (κ2) is 7.71. The predicted octanol–water partition coefficient (Wildman–Crippen LogP) is 3.28. The Morgan fingerprint density at radius 2 is 2.00 bits per heavy atom. The number of nitrogens with zero attached hydrogens (tertiary/aromatic N) is 5. The minimum Gasteiger partial charge on any atom is -0.481 e. The van der Waals surface area contributed by atoms with E-state index in [1.54, 1.807) is 6.07 Å². The maximum absolute atomic E-state index is 12.9. The molecule has 1 N–H and O–H groups in total. The number of aromatic nitrogens is 5. The largest absolute Gasteiger partial charge is 0.481 e. The van der Waals surface area contributed by atoms with E-state index >= 15 is 0 Å². The third kappa shape index (κ3) is 4.12. The second-order valence-corrected chi connectivity index (χ2v) is 7.42. The second-order valence-electron chi connectivity index (χ2n) is 7.42. The Morgan fingerprint density at radius 3 is 2.68 bits per heavy atom. The molecule has 0 bridgehead atoms. The average Bonchev–Trinajstić information content (AvgIpc) is 3.31. The lowest BCUT2D eigenvalue weighted by Gasteiger charge is -2.24. The van der Waals surface area contributed by atoms with Crippen LogP contribution in [0.5, 0.6) is 5.88 Å². The van der Waals surface area contributed by atoms with Gasteiger partial charge in [-0.2, -0.15) is 23.4 Å². The molecular weight excluding hydrogens is 413 g/mol. The van der Waals surface area contributed by atoms with Crippen molar-refractivity contribution >= 4 is 5.91 Å². The lowest BCUT2D eigenvalue weighted by Crippen LogP contribution is -2.33. The number of nitrogens with one attached hydrogen (secondary N) is 1. The van der Waals surface area contributed by atoms with Crippen LogP contribution in [0, 0.1) is 6.92 Å². The molecule has 164 valence electrons. The number of ether oxygens (including phenoxy) is 1. The molecule has 0 saturated carbocycles. The Kier molecular flexibility index (Phi) is 5.19. The summed E-state index contributed by atoms with van der Waals surface area (Å²) in [7, 11) is 2.85. The molecule has 0 spiro atoms. The van der Waals surface area contributed by atoms with Crippen LogP contribution in [-0.4, -0.2) is 37.6 Å². The van der Waals surface area contributed by atoms with E-state index in [9.17, 15) is 18.0 Å². The van der Waals surface area contributed by atoms with Gasteiger partial charge in [-0.3, -0.25) is 14.2 Å². The first-order chi connectivity index (χ1) is 14.7. The number of fused-ring (bicyclic) bond motifs is 1. The first kappa shape index (κ1) is 20.9. The number of carbonyl (C=O) groups excluding carboxylic acids is 1. The lowest BCUT2D eigenvalue weighted by molar-refractivity contribution is -0.141. The summed E-state index contributed by atoms with van der Waals surface area (Å²) < 4.78 is 46.7. The summed E-state index contributed by atoms with van der Waals surface area (Å²) in [6.07, 6.45) is -3.19. The Morgan fingerprint density at radius 1 is 1.23 bits per heavy atom. The monoisotopic (exact) mass is 434 g/mol. The van der Waals surface area contributed by atoms with Crippen LogP contribution in [0.2, 0.25) is 0 Å². The standard InChI is InChI=1S/C20H21F3N6O2/c1-11-7-12(8-18(24-11)31-3)14-9-15-13(5-4-6-29(15)26-14)25-19(30)16-10-17(20(21,22)23)27-28(16)2/h7-10,13H,4-6H2,1-3H3,(H,25,30)/t13-/m0/s1. The highest BCUT2D eigenvalue weighted by molar-refractivity contribution is 5.93. The van der Waals surface area contributed by atoms with Crippen molar-refractivity contribution in [1.82, 2.24) is 29.9 Å². The number of methoxy groups -OCH3 is 1. The van der Waals surface area contributed by atoms with Crippen LogP contribution >= 0.6 is 0 Å². The van der Waals surface area contributed by atoms with Crippen molar-refractivity contribution in [2.45, 2.75) is 38.5 Å². The number of pyridine rings is 1. The number of hydrogen-bond donors (Lipinski definition) is 1. The van der Waals surface area contributed by atoms with E-state index in [0.717, 1.165) is 34.1 Å². The third-order valence-corrected chi connectivity index (χ3v) is 5.17. The molecule has 3 aromatic heterocycles. The molecule has 1 aliphatic heterocycles. The van der Waals surface area contributed by atoms with Gasteiger partial charge in [0, 0.05) is 37.0 Å². The van der Waals surface area contributed by atoms with Crippen LogP contribution < -0.4 is 10.1 Å². The molecule has 0 unspecified atom stereocenters. The van der Waals surface area contributed by atoms with Crippen molar-refractivity contribution in [3.05, 3.63) is 47.0 Å². The summed E-state index contributed by atoms with van der Waals surface area (Å²) in [5.41, 5.74) is 1.86. The highest BCUT2D eigenvalue weighted by atomic mass is 19.4. The first-order valence-corrected chi connectivity index (χ1v) is 9.68. The zero-order chi connectivity index (χ0) is 22.3. The minimum absolute atomic E-state index is 0.154. The molecule has 11 heteroatoms.